The molecule has 236 valence electrons. The second-order valence-electron chi connectivity index (χ2n) is 15.1. The first-order valence-electron chi connectivity index (χ1n) is 17.7. The van der Waals surface area contributed by atoms with Crippen LogP contribution >= 0.6 is 0 Å². The molecule has 0 aliphatic heterocycles. The Morgan fingerprint density at radius 3 is 1.76 bits per heavy atom. The van der Waals surface area contributed by atoms with Crippen molar-refractivity contribution < 1.29 is 0 Å². The van der Waals surface area contributed by atoms with E-state index in [2.05, 4.69) is 185 Å². The van der Waals surface area contributed by atoms with Gasteiger partial charge < -0.3 is 0 Å². The van der Waals surface area contributed by atoms with Crippen molar-refractivity contribution in [3.63, 3.8) is 0 Å². The minimum absolute atomic E-state index is 0.0615. The highest BCUT2D eigenvalue weighted by Crippen LogP contribution is 2.57. The molecule has 0 nitrogen and oxygen atoms in total. The SMILES string of the molecule is CC1(C)c2cc(C#Cc3ccc(-c4cccc5ccccc45)c4ccccc34)ccc2-c2cc3c(cc21)-c1c(ccc2ccccc12)C3(C)C. The lowest BCUT2D eigenvalue weighted by Gasteiger charge is -2.24. The number of rotatable bonds is 1. The summed E-state index contributed by atoms with van der Waals surface area (Å²) >= 11 is 0. The monoisotopic (exact) mass is 636 g/mol. The summed E-state index contributed by atoms with van der Waals surface area (Å²) in [5, 5.41) is 7.59. The standard InChI is InChI=1S/C50H36/c1-49(2)44-27-24-33-13-6-8-17-37(33)48(44)43-30-46-42(29-47(43)49)41-25-21-31(28-45(41)50(46,3)4)20-22-34-23-26-40(38-18-10-9-16-36(34)38)39-19-11-14-32-12-5-7-15-35(32)39/h5-19,21,23-30H,1-4H3. The maximum Gasteiger partial charge on any atom is 0.0327 e. The molecule has 8 aromatic rings. The lowest BCUT2D eigenvalue weighted by atomic mass is 9.79. The van der Waals surface area contributed by atoms with E-state index in [0.717, 1.165) is 11.1 Å². The minimum Gasteiger partial charge on any atom is -0.0616 e. The Morgan fingerprint density at radius 2 is 0.940 bits per heavy atom. The molecule has 2 aliphatic rings. The zero-order valence-electron chi connectivity index (χ0n) is 28.9. The Morgan fingerprint density at radius 1 is 0.360 bits per heavy atom. The molecule has 0 radical (unpaired) electrons. The van der Waals surface area contributed by atoms with Crippen LogP contribution in [0.25, 0.3) is 65.7 Å². The van der Waals surface area contributed by atoms with Gasteiger partial charge in [0.25, 0.3) is 0 Å². The predicted molar refractivity (Wildman–Crippen MR) is 212 cm³/mol. The van der Waals surface area contributed by atoms with E-state index in [0.29, 0.717) is 0 Å². The van der Waals surface area contributed by atoms with Gasteiger partial charge in [-0.15, -0.1) is 0 Å². The summed E-state index contributed by atoms with van der Waals surface area (Å²) in [6.07, 6.45) is 0. The van der Waals surface area contributed by atoms with Gasteiger partial charge in [-0.1, -0.05) is 155 Å². The Hall–Kier alpha value is -5.90. The van der Waals surface area contributed by atoms with Crippen LogP contribution in [0.4, 0.5) is 0 Å². The fourth-order valence-electron chi connectivity index (χ4n) is 9.05. The molecular formula is C50H36. The summed E-state index contributed by atoms with van der Waals surface area (Å²) in [6, 6.07) is 53.7. The smallest absolute Gasteiger partial charge is 0.0327 e. The fourth-order valence-corrected chi connectivity index (χ4v) is 9.05. The van der Waals surface area contributed by atoms with Crippen LogP contribution in [0.2, 0.25) is 0 Å². The summed E-state index contributed by atoms with van der Waals surface area (Å²) in [7, 11) is 0. The molecule has 10 rings (SSSR count). The van der Waals surface area contributed by atoms with Crippen LogP contribution in [-0.2, 0) is 10.8 Å². The number of hydrogen-bond donors (Lipinski definition) is 0. The molecule has 0 aromatic heterocycles. The van der Waals surface area contributed by atoms with Crippen molar-refractivity contribution in [1.82, 2.24) is 0 Å². The normalized spacial score (nSPS) is 14.6. The third-order valence-electron chi connectivity index (χ3n) is 11.7. The zero-order chi connectivity index (χ0) is 33.8. The van der Waals surface area contributed by atoms with Crippen molar-refractivity contribution in [2.75, 3.05) is 0 Å². The Bertz CT molecular complexity index is 2810. The molecule has 0 N–H and O–H groups in total. The summed E-state index contributed by atoms with van der Waals surface area (Å²) < 4.78 is 0. The summed E-state index contributed by atoms with van der Waals surface area (Å²) in [5.74, 6) is 7.16. The molecule has 0 heterocycles. The lowest BCUT2D eigenvalue weighted by molar-refractivity contribution is 0.652. The van der Waals surface area contributed by atoms with Crippen LogP contribution < -0.4 is 0 Å². The van der Waals surface area contributed by atoms with Gasteiger partial charge in [-0.3, -0.25) is 0 Å². The van der Waals surface area contributed by atoms with Crippen LogP contribution in [-0.4, -0.2) is 0 Å². The van der Waals surface area contributed by atoms with Crippen LogP contribution in [0.15, 0.2) is 146 Å². The summed E-state index contributed by atoms with van der Waals surface area (Å²) in [4.78, 5) is 0. The molecule has 2 aliphatic carbocycles. The molecule has 0 saturated heterocycles. The van der Waals surface area contributed by atoms with Crippen LogP contribution in [0.5, 0.6) is 0 Å². The quantitative estimate of drug-likeness (QED) is 0.157. The second kappa shape index (κ2) is 10.3. The van der Waals surface area contributed by atoms with Crippen LogP contribution in [0.3, 0.4) is 0 Å². The highest BCUT2D eigenvalue weighted by Gasteiger charge is 2.42. The fraction of sp³-hybridized carbons (Fsp3) is 0.120. The van der Waals surface area contributed by atoms with Gasteiger partial charge in [0.15, 0.2) is 0 Å². The molecular weight excluding hydrogens is 601 g/mol. The van der Waals surface area contributed by atoms with Crippen molar-refractivity contribution in [2.45, 2.75) is 38.5 Å². The minimum atomic E-state index is -0.137. The molecule has 0 amide bonds. The first-order chi connectivity index (χ1) is 24.3. The van der Waals surface area contributed by atoms with Crippen molar-refractivity contribution in [1.29, 1.82) is 0 Å². The van der Waals surface area contributed by atoms with Gasteiger partial charge in [0.1, 0.15) is 0 Å². The molecule has 0 heteroatoms. The van der Waals surface area contributed by atoms with Gasteiger partial charge in [0, 0.05) is 22.0 Å². The van der Waals surface area contributed by atoms with E-state index < -0.39 is 0 Å². The van der Waals surface area contributed by atoms with E-state index in [9.17, 15) is 0 Å². The molecule has 8 aromatic carbocycles. The molecule has 0 bridgehead atoms. The van der Waals surface area contributed by atoms with E-state index in [1.165, 1.54) is 88.0 Å². The van der Waals surface area contributed by atoms with Gasteiger partial charge in [-0.25, -0.2) is 0 Å². The summed E-state index contributed by atoms with van der Waals surface area (Å²) in [6.45, 7) is 9.53. The maximum atomic E-state index is 3.58. The van der Waals surface area contributed by atoms with Gasteiger partial charge in [-0.2, -0.15) is 0 Å². The van der Waals surface area contributed by atoms with Gasteiger partial charge in [-0.05, 0) is 118 Å². The summed E-state index contributed by atoms with van der Waals surface area (Å²) in [5.41, 5.74) is 15.5. The van der Waals surface area contributed by atoms with Gasteiger partial charge in [0.05, 0.1) is 0 Å². The molecule has 0 spiro atoms. The molecule has 0 unspecified atom stereocenters. The highest BCUT2D eigenvalue weighted by atomic mass is 14.4. The number of fused-ring (bicyclic) bond motifs is 10. The molecule has 50 heavy (non-hydrogen) atoms. The Labute approximate surface area is 294 Å². The highest BCUT2D eigenvalue weighted by molar-refractivity contribution is 6.07. The largest absolute Gasteiger partial charge is 0.0616 e. The van der Waals surface area contributed by atoms with Crippen molar-refractivity contribution >= 4 is 32.3 Å². The zero-order valence-corrected chi connectivity index (χ0v) is 28.9. The third-order valence-corrected chi connectivity index (χ3v) is 11.7. The van der Waals surface area contributed by atoms with Gasteiger partial charge >= 0.3 is 0 Å². The van der Waals surface area contributed by atoms with E-state index in [4.69, 9.17) is 0 Å². The maximum absolute atomic E-state index is 3.58. The van der Waals surface area contributed by atoms with Crippen molar-refractivity contribution in [3.8, 4) is 45.2 Å². The number of hydrogen-bond acceptors (Lipinski definition) is 0. The number of benzene rings is 8. The third kappa shape index (κ3) is 4.01. The lowest BCUT2D eigenvalue weighted by Crippen LogP contribution is -2.17. The van der Waals surface area contributed by atoms with Crippen LogP contribution in [0, 0.1) is 11.8 Å². The second-order valence-corrected chi connectivity index (χ2v) is 15.1. The average molecular weight is 637 g/mol. The van der Waals surface area contributed by atoms with Gasteiger partial charge in [0.2, 0.25) is 0 Å². The van der Waals surface area contributed by atoms with E-state index in [-0.39, 0.29) is 10.8 Å². The molecule has 0 atom stereocenters. The van der Waals surface area contributed by atoms with Crippen LogP contribution in [0.1, 0.15) is 61.1 Å². The molecule has 0 saturated carbocycles. The first kappa shape index (κ1) is 29.1. The van der Waals surface area contributed by atoms with Crippen molar-refractivity contribution in [3.05, 3.63) is 179 Å². The molecule has 0 fully saturated rings. The topological polar surface area (TPSA) is 0 Å². The average Bonchev–Trinajstić information content (AvgIpc) is 3.51. The van der Waals surface area contributed by atoms with E-state index in [1.54, 1.807) is 0 Å². The first-order valence-corrected chi connectivity index (χ1v) is 17.7. The Balaban J connectivity index is 1.06. The Kier molecular flexibility index (Phi) is 5.99. The van der Waals surface area contributed by atoms with E-state index in [1.807, 2.05) is 0 Å². The predicted octanol–water partition coefficient (Wildman–Crippen LogP) is 12.8. The van der Waals surface area contributed by atoms with Crippen molar-refractivity contribution in [2.24, 2.45) is 0 Å². The van der Waals surface area contributed by atoms with E-state index >= 15 is 0 Å².